The predicted octanol–water partition coefficient (Wildman–Crippen LogP) is -0.711. The molecule has 0 amide bonds. The molecule has 1 aliphatic rings. The summed E-state index contributed by atoms with van der Waals surface area (Å²) in [5.74, 6) is -3.19. The number of likely N-dealkylation sites (tertiary alicyclic amines) is 1. The van der Waals surface area contributed by atoms with E-state index in [2.05, 4.69) is 0 Å². The van der Waals surface area contributed by atoms with Crippen molar-refractivity contribution in [3.05, 3.63) is 0 Å². The third kappa shape index (κ3) is 1.66. The van der Waals surface area contributed by atoms with E-state index in [1.807, 2.05) is 0 Å². The number of nitrogens with zero attached hydrogens (tertiary/aromatic N) is 1. The number of aliphatic hydroxyl groups is 2. The molecule has 0 saturated carbocycles. The van der Waals surface area contributed by atoms with Crippen molar-refractivity contribution in [3.8, 4) is 0 Å². The average Bonchev–Trinajstić information content (AvgIpc) is 1.81. The van der Waals surface area contributed by atoms with E-state index in [0.717, 1.165) is 0 Å². The smallest absolute Gasteiger partial charge is 0.288 e. The van der Waals surface area contributed by atoms with Gasteiger partial charge in [-0.15, -0.1) is 0 Å². The molecule has 2 N–H and O–H groups in total. The monoisotopic (exact) mass is 167 g/mol. The van der Waals surface area contributed by atoms with Gasteiger partial charge in [-0.05, 0) is 7.05 Å². The minimum absolute atomic E-state index is 0.0940. The highest BCUT2D eigenvalue weighted by Crippen LogP contribution is 2.26. The Hall–Kier alpha value is -0.260. The van der Waals surface area contributed by atoms with Crippen LogP contribution in [0.3, 0.4) is 0 Å². The largest absolute Gasteiger partial charge is 0.389 e. The number of β-amino-alcohol motifs (C(OH)–C–C–N with tert-alkyl or cyclic N) is 1. The maximum absolute atomic E-state index is 12.6. The lowest BCUT2D eigenvalue weighted by molar-refractivity contribution is -0.190. The Labute approximate surface area is 63.2 Å². The summed E-state index contributed by atoms with van der Waals surface area (Å²) in [4.78, 5) is 1.29. The zero-order valence-electron chi connectivity index (χ0n) is 6.17. The Bertz CT molecular complexity index is 154. The van der Waals surface area contributed by atoms with E-state index in [1.165, 1.54) is 11.9 Å². The zero-order valence-corrected chi connectivity index (χ0v) is 6.17. The van der Waals surface area contributed by atoms with Crippen LogP contribution in [0.4, 0.5) is 8.78 Å². The van der Waals surface area contributed by atoms with E-state index in [4.69, 9.17) is 10.2 Å². The maximum atomic E-state index is 12.6. The number of rotatable bonds is 0. The highest BCUT2D eigenvalue weighted by molar-refractivity contribution is 4.90. The van der Waals surface area contributed by atoms with E-state index in [0.29, 0.717) is 0 Å². The van der Waals surface area contributed by atoms with E-state index in [-0.39, 0.29) is 6.54 Å². The highest BCUT2D eigenvalue weighted by atomic mass is 19.3. The number of alkyl halides is 2. The molecule has 0 bridgehead atoms. The van der Waals surface area contributed by atoms with Crippen LogP contribution in [0.2, 0.25) is 0 Å². The number of hydrogen-bond donors (Lipinski definition) is 2. The molecule has 2 atom stereocenters. The van der Waals surface area contributed by atoms with Gasteiger partial charge in [0.15, 0.2) is 0 Å². The van der Waals surface area contributed by atoms with Crippen molar-refractivity contribution < 1.29 is 19.0 Å². The first-order valence-electron chi connectivity index (χ1n) is 3.36. The van der Waals surface area contributed by atoms with Gasteiger partial charge in [0.25, 0.3) is 5.92 Å². The molecular formula is C6H11F2NO2. The second-order valence-electron chi connectivity index (χ2n) is 2.97. The summed E-state index contributed by atoms with van der Waals surface area (Å²) in [6.45, 7) is -0.401. The summed E-state index contributed by atoms with van der Waals surface area (Å²) in [6, 6.07) is 0. The molecule has 0 unspecified atom stereocenters. The van der Waals surface area contributed by atoms with Crippen molar-refractivity contribution in [1.29, 1.82) is 0 Å². The highest BCUT2D eigenvalue weighted by Gasteiger charge is 2.47. The fraction of sp³-hybridized carbons (Fsp3) is 1.00. The van der Waals surface area contributed by atoms with Gasteiger partial charge in [0.05, 0.1) is 12.6 Å². The molecule has 66 valence electrons. The lowest BCUT2D eigenvalue weighted by Crippen LogP contribution is -2.58. The Morgan fingerprint density at radius 2 is 2.00 bits per heavy atom. The fourth-order valence-corrected chi connectivity index (χ4v) is 1.22. The number of piperidine rings is 1. The number of hydrogen-bond acceptors (Lipinski definition) is 3. The summed E-state index contributed by atoms with van der Waals surface area (Å²) < 4.78 is 25.3. The van der Waals surface area contributed by atoms with Crippen LogP contribution in [-0.4, -0.2) is 53.4 Å². The first-order chi connectivity index (χ1) is 4.93. The molecule has 11 heavy (non-hydrogen) atoms. The van der Waals surface area contributed by atoms with Crippen LogP contribution >= 0.6 is 0 Å². The number of likely N-dealkylation sites (N-methyl/N-ethyl adjacent to an activating group) is 1. The summed E-state index contributed by atoms with van der Waals surface area (Å²) in [7, 11) is 1.48. The van der Waals surface area contributed by atoms with E-state index < -0.39 is 24.7 Å². The Morgan fingerprint density at radius 1 is 1.45 bits per heavy atom. The molecule has 0 aliphatic carbocycles. The molecular weight excluding hydrogens is 156 g/mol. The van der Waals surface area contributed by atoms with Crippen LogP contribution in [0.5, 0.6) is 0 Å². The second kappa shape index (κ2) is 2.66. The zero-order chi connectivity index (χ0) is 8.65. The summed E-state index contributed by atoms with van der Waals surface area (Å²) >= 11 is 0. The minimum atomic E-state index is -3.19. The van der Waals surface area contributed by atoms with Crippen LogP contribution < -0.4 is 0 Å². The molecule has 0 aromatic heterocycles. The van der Waals surface area contributed by atoms with Gasteiger partial charge in [0.1, 0.15) is 6.10 Å². The third-order valence-corrected chi connectivity index (χ3v) is 1.78. The van der Waals surface area contributed by atoms with Crippen LogP contribution in [0.1, 0.15) is 0 Å². The van der Waals surface area contributed by atoms with Gasteiger partial charge in [-0.1, -0.05) is 0 Å². The van der Waals surface area contributed by atoms with Crippen molar-refractivity contribution in [3.63, 3.8) is 0 Å². The van der Waals surface area contributed by atoms with Gasteiger partial charge < -0.3 is 10.2 Å². The van der Waals surface area contributed by atoms with E-state index in [9.17, 15) is 8.78 Å². The SMILES string of the molecule is CN1C[C@H](O)[C@H](O)C(F)(F)C1. The standard InChI is InChI=1S/C6H11F2NO2/c1-9-2-4(10)5(11)6(7,8)3-9/h4-5,10-11H,2-3H2,1H3/t4-,5-/m0/s1. The fourth-order valence-electron chi connectivity index (χ4n) is 1.22. The number of halogens is 2. The maximum Gasteiger partial charge on any atom is 0.288 e. The Kier molecular flexibility index (Phi) is 2.13. The topological polar surface area (TPSA) is 43.7 Å². The van der Waals surface area contributed by atoms with Crippen molar-refractivity contribution in [1.82, 2.24) is 4.90 Å². The minimum Gasteiger partial charge on any atom is -0.389 e. The molecule has 0 spiro atoms. The van der Waals surface area contributed by atoms with Gasteiger partial charge in [0, 0.05) is 6.54 Å². The third-order valence-electron chi connectivity index (χ3n) is 1.78. The molecule has 0 aromatic carbocycles. The van der Waals surface area contributed by atoms with E-state index >= 15 is 0 Å². The first-order valence-corrected chi connectivity index (χ1v) is 3.36. The molecule has 0 radical (unpaired) electrons. The predicted molar refractivity (Wildman–Crippen MR) is 34.5 cm³/mol. The number of aliphatic hydroxyl groups excluding tert-OH is 2. The molecule has 0 aromatic rings. The van der Waals surface area contributed by atoms with Crippen LogP contribution in [0.15, 0.2) is 0 Å². The quantitative estimate of drug-likeness (QED) is 0.501. The molecule has 1 saturated heterocycles. The van der Waals surface area contributed by atoms with Gasteiger partial charge in [0.2, 0.25) is 0 Å². The molecule has 5 heteroatoms. The van der Waals surface area contributed by atoms with Gasteiger partial charge in [-0.25, -0.2) is 8.78 Å². The van der Waals surface area contributed by atoms with Crippen molar-refractivity contribution in [2.24, 2.45) is 0 Å². The van der Waals surface area contributed by atoms with Gasteiger partial charge in [-0.2, -0.15) is 0 Å². The van der Waals surface area contributed by atoms with Gasteiger partial charge >= 0.3 is 0 Å². The van der Waals surface area contributed by atoms with Gasteiger partial charge in [-0.3, -0.25) is 4.90 Å². The average molecular weight is 167 g/mol. The lowest BCUT2D eigenvalue weighted by atomic mass is 10.0. The molecule has 1 heterocycles. The molecule has 1 fully saturated rings. The van der Waals surface area contributed by atoms with Crippen LogP contribution in [-0.2, 0) is 0 Å². The van der Waals surface area contributed by atoms with Crippen molar-refractivity contribution >= 4 is 0 Å². The summed E-state index contributed by atoms with van der Waals surface area (Å²) in [5.41, 5.74) is 0. The lowest BCUT2D eigenvalue weighted by Gasteiger charge is -2.36. The Balaban J connectivity index is 2.67. The van der Waals surface area contributed by atoms with Crippen molar-refractivity contribution in [2.75, 3.05) is 20.1 Å². The summed E-state index contributed by atoms with van der Waals surface area (Å²) in [6.07, 6.45) is -3.26. The van der Waals surface area contributed by atoms with Crippen LogP contribution in [0, 0.1) is 0 Å². The van der Waals surface area contributed by atoms with Crippen molar-refractivity contribution in [2.45, 2.75) is 18.1 Å². The first kappa shape index (κ1) is 8.83. The van der Waals surface area contributed by atoms with E-state index in [1.54, 1.807) is 0 Å². The van der Waals surface area contributed by atoms with Crippen LogP contribution in [0.25, 0.3) is 0 Å². The summed E-state index contributed by atoms with van der Waals surface area (Å²) in [5, 5.41) is 17.7. The second-order valence-corrected chi connectivity index (χ2v) is 2.97. The molecule has 1 aliphatic heterocycles. The normalized spacial score (nSPS) is 39.0. The molecule has 3 nitrogen and oxygen atoms in total. The molecule has 1 rings (SSSR count). The Morgan fingerprint density at radius 3 is 2.45 bits per heavy atom.